The average molecular weight is 282 g/mol. The van der Waals surface area contributed by atoms with Gasteiger partial charge in [-0.15, -0.1) is 0 Å². The van der Waals surface area contributed by atoms with Crippen LogP contribution in [0.4, 0.5) is 4.39 Å². The second-order valence-electron chi connectivity index (χ2n) is 4.67. The van der Waals surface area contributed by atoms with Crippen molar-refractivity contribution in [3.05, 3.63) is 51.6 Å². The molecule has 0 saturated heterocycles. The summed E-state index contributed by atoms with van der Waals surface area (Å²) >= 11 is 6.15. The first-order chi connectivity index (χ1) is 8.99. The Bertz CT molecular complexity index is 593. The Morgan fingerprint density at radius 3 is 2.63 bits per heavy atom. The lowest BCUT2D eigenvalue weighted by Gasteiger charge is -2.06. The van der Waals surface area contributed by atoms with Crippen LogP contribution < -0.4 is 5.32 Å². The van der Waals surface area contributed by atoms with Gasteiger partial charge in [0.15, 0.2) is 0 Å². The molecule has 1 N–H and O–H groups in total. The molecule has 19 heavy (non-hydrogen) atoms. The largest absolute Gasteiger partial charge is 0.308 e. The van der Waals surface area contributed by atoms with Gasteiger partial charge in [-0.05, 0) is 31.0 Å². The van der Waals surface area contributed by atoms with Crippen LogP contribution in [-0.4, -0.2) is 9.78 Å². The lowest BCUT2D eigenvalue weighted by Crippen LogP contribution is -2.13. The molecule has 0 fully saturated rings. The van der Waals surface area contributed by atoms with Gasteiger partial charge in [0, 0.05) is 25.7 Å². The van der Waals surface area contributed by atoms with E-state index in [1.807, 2.05) is 20.0 Å². The minimum atomic E-state index is -0.171. The van der Waals surface area contributed by atoms with Crippen molar-refractivity contribution >= 4 is 11.6 Å². The predicted octanol–water partition coefficient (Wildman–Crippen LogP) is 3.12. The van der Waals surface area contributed by atoms with E-state index >= 15 is 0 Å². The number of rotatable bonds is 4. The van der Waals surface area contributed by atoms with Gasteiger partial charge in [0.05, 0.1) is 5.69 Å². The number of halogens is 2. The summed E-state index contributed by atoms with van der Waals surface area (Å²) in [6, 6.07) is 5.13. The second-order valence-corrected chi connectivity index (χ2v) is 5.02. The second kappa shape index (κ2) is 5.72. The molecule has 0 aliphatic carbocycles. The van der Waals surface area contributed by atoms with E-state index in [4.69, 9.17) is 11.6 Å². The van der Waals surface area contributed by atoms with Crippen molar-refractivity contribution in [1.82, 2.24) is 15.1 Å². The van der Waals surface area contributed by atoms with E-state index in [1.54, 1.807) is 17.7 Å². The molecule has 3 nitrogen and oxygen atoms in total. The van der Waals surface area contributed by atoms with Gasteiger partial charge >= 0.3 is 0 Å². The third-order valence-corrected chi connectivity index (χ3v) is 3.60. The normalized spacial score (nSPS) is 11.0. The monoisotopic (exact) mass is 281 g/mol. The fourth-order valence-corrected chi connectivity index (χ4v) is 2.26. The Balaban J connectivity index is 1.98. The molecule has 1 heterocycles. The number of benzene rings is 1. The van der Waals surface area contributed by atoms with Crippen LogP contribution in [0.15, 0.2) is 18.2 Å². The fourth-order valence-electron chi connectivity index (χ4n) is 2.02. The van der Waals surface area contributed by atoms with E-state index in [0.29, 0.717) is 23.8 Å². The number of nitrogens with one attached hydrogen (secondary N) is 1. The Morgan fingerprint density at radius 1 is 1.32 bits per heavy atom. The average Bonchev–Trinajstić information content (AvgIpc) is 2.60. The minimum absolute atomic E-state index is 0.171. The van der Waals surface area contributed by atoms with E-state index in [1.165, 1.54) is 6.07 Å². The molecule has 0 aliphatic heterocycles. The van der Waals surface area contributed by atoms with Crippen LogP contribution in [-0.2, 0) is 20.1 Å². The van der Waals surface area contributed by atoms with E-state index in [-0.39, 0.29) is 5.82 Å². The van der Waals surface area contributed by atoms with Gasteiger partial charge in [0.1, 0.15) is 11.0 Å². The number of aryl methyl sites for hydroxylation is 3. The summed E-state index contributed by atoms with van der Waals surface area (Å²) in [5, 5.41) is 8.21. The zero-order valence-electron chi connectivity index (χ0n) is 11.3. The highest BCUT2D eigenvalue weighted by atomic mass is 35.5. The summed E-state index contributed by atoms with van der Waals surface area (Å²) in [5.74, 6) is -0.171. The Labute approximate surface area is 117 Å². The molecule has 0 amide bonds. The van der Waals surface area contributed by atoms with E-state index in [0.717, 1.165) is 16.8 Å². The van der Waals surface area contributed by atoms with Crippen LogP contribution in [0.1, 0.15) is 22.4 Å². The summed E-state index contributed by atoms with van der Waals surface area (Å²) in [4.78, 5) is 0. The van der Waals surface area contributed by atoms with Crippen molar-refractivity contribution in [2.24, 2.45) is 7.05 Å². The maximum Gasteiger partial charge on any atom is 0.131 e. The van der Waals surface area contributed by atoms with Crippen molar-refractivity contribution < 1.29 is 4.39 Å². The summed E-state index contributed by atoms with van der Waals surface area (Å²) in [7, 11) is 1.82. The molecular formula is C14H17ClFN3. The van der Waals surface area contributed by atoms with Gasteiger partial charge in [0.25, 0.3) is 0 Å². The molecule has 0 aliphatic rings. The van der Waals surface area contributed by atoms with Crippen molar-refractivity contribution in [1.29, 1.82) is 0 Å². The third-order valence-electron chi connectivity index (χ3n) is 3.12. The van der Waals surface area contributed by atoms with Crippen molar-refractivity contribution in [2.75, 3.05) is 0 Å². The quantitative estimate of drug-likeness (QED) is 0.933. The molecule has 0 radical (unpaired) electrons. The van der Waals surface area contributed by atoms with Gasteiger partial charge in [-0.1, -0.05) is 23.7 Å². The van der Waals surface area contributed by atoms with Gasteiger partial charge in [0.2, 0.25) is 0 Å². The van der Waals surface area contributed by atoms with Crippen LogP contribution >= 0.6 is 11.6 Å². The first-order valence-corrected chi connectivity index (χ1v) is 6.50. The molecule has 0 saturated carbocycles. The summed E-state index contributed by atoms with van der Waals surface area (Å²) in [6.45, 7) is 5.02. The van der Waals surface area contributed by atoms with E-state index in [2.05, 4.69) is 10.4 Å². The Hall–Kier alpha value is -1.39. The van der Waals surface area contributed by atoms with Crippen LogP contribution in [0.3, 0.4) is 0 Å². The van der Waals surface area contributed by atoms with Gasteiger partial charge < -0.3 is 5.32 Å². The Morgan fingerprint density at radius 2 is 2.05 bits per heavy atom. The SMILES string of the molecule is Cc1cc(CNCc2c(C)nn(C)c2Cl)ccc1F. The van der Waals surface area contributed by atoms with Crippen LogP contribution in [0.2, 0.25) is 5.15 Å². The molecule has 1 aromatic carbocycles. The topological polar surface area (TPSA) is 29.9 Å². The van der Waals surface area contributed by atoms with Crippen molar-refractivity contribution in [3.8, 4) is 0 Å². The van der Waals surface area contributed by atoms with Crippen molar-refractivity contribution in [2.45, 2.75) is 26.9 Å². The summed E-state index contributed by atoms with van der Waals surface area (Å²) in [6.07, 6.45) is 0. The van der Waals surface area contributed by atoms with Gasteiger partial charge in [-0.3, -0.25) is 4.68 Å². The number of hydrogen-bond donors (Lipinski definition) is 1. The first kappa shape index (κ1) is 14.0. The molecule has 0 unspecified atom stereocenters. The maximum absolute atomic E-state index is 13.1. The predicted molar refractivity (Wildman–Crippen MR) is 74.6 cm³/mol. The smallest absolute Gasteiger partial charge is 0.131 e. The van der Waals surface area contributed by atoms with Crippen LogP contribution in [0, 0.1) is 19.7 Å². The lowest BCUT2D eigenvalue weighted by molar-refractivity contribution is 0.615. The third kappa shape index (κ3) is 3.14. The molecule has 0 spiro atoms. The highest BCUT2D eigenvalue weighted by molar-refractivity contribution is 6.30. The van der Waals surface area contributed by atoms with Gasteiger partial charge in [-0.25, -0.2) is 4.39 Å². The molecule has 5 heteroatoms. The fraction of sp³-hybridized carbons (Fsp3) is 0.357. The zero-order chi connectivity index (χ0) is 14.0. The molecule has 102 valence electrons. The van der Waals surface area contributed by atoms with Gasteiger partial charge in [-0.2, -0.15) is 5.10 Å². The molecule has 1 aromatic heterocycles. The molecule has 0 bridgehead atoms. The molecular weight excluding hydrogens is 265 g/mol. The first-order valence-electron chi connectivity index (χ1n) is 6.12. The number of hydrogen-bond acceptors (Lipinski definition) is 2. The van der Waals surface area contributed by atoms with E-state index in [9.17, 15) is 4.39 Å². The van der Waals surface area contributed by atoms with Crippen LogP contribution in [0.25, 0.3) is 0 Å². The highest BCUT2D eigenvalue weighted by Gasteiger charge is 2.10. The van der Waals surface area contributed by atoms with E-state index < -0.39 is 0 Å². The molecule has 2 rings (SSSR count). The van der Waals surface area contributed by atoms with Crippen LogP contribution in [0.5, 0.6) is 0 Å². The number of nitrogens with zero attached hydrogens (tertiary/aromatic N) is 2. The molecule has 0 atom stereocenters. The minimum Gasteiger partial charge on any atom is -0.308 e. The maximum atomic E-state index is 13.1. The van der Waals surface area contributed by atoms with Crippen molar-refractivity contribution in [3.63, 3.8) is 0 Å². The number of aromatic nitrogens is 2. The zero-order valence-corrected chi connectivity index (χ0v) is 12.1. The lowest BCUT2D eigenvalue weighted by atomic mass is 10.1. The summed E-state index contributed by atoms with van der Waals surface area (Å²) in [5.41, 5.74) is 3.64. The summed E-state index contributed by atoms with van der Waals surface area (Å²) < 4.78 is 14.8. The Kier molecular flexibility index (Phi) is 4.22. The molecule has 2 aromatic rings. The standard InChI is InChI=1S/C14H17ClFN3/c1-9-6-11(4-5-13(9)16)7-17-8-12-10(2)18-19(3)14(12)15/h4-6,17H,7-8H2,1-3H3. The highest BCUT2D eigenvalue weighted by Crippen LogP contribution is 2.18.